The van der Waals surface area contributed by atoms with Crippen LogP contribution in [0.4, 0.5) is 0 Å². The Labute approximate surface area is 102 Å². The number of aliphatic carboxylic acids is 1. The van der Waals surface area contributed by atoms with E-state index < -0.39 is 12.0 Å². The van der Waals surface area contributed by atoms with E-state index >= 15 is 0 Å². The van der Waals surface area contributed by atoms with Crippen LogP contribution >= 0.6 is 0 Å². The van der Waals surface area contributed by atoms with Crippen molar-refractivity contribution in [2.45, 2.75) is 46.1 Å². The van der Waals surface area contributed by atoms with Crippen LogP contribution in [0.1, 0.15) is 40.0 Å². The number of carbonyl (C=O) groups excluding carboxylic acids is 1. The Morgan fingerprint density at radius 3 is 2.65 bits per heavy atom. The molecule has 4 nitrogen and oxygen atoms in total. The summed E-state index contributed by atoms with van der Waals surface area (Å²) in [5.41, 5.74) is 0.647. The van der Waals surface area contributed by atoms with Crippen molar-refractivity contribution in [3.8, 4) is 0 Å². The quantitative estimate of drug-likeness (QED) is 0.767. The first kappa shape index (κ1) is 13.7. The Morgan fingerprint density at radius 2 is 2.12 bits per heavy atom. The van der Waals surface area contributed by atoms with Gasteiger partial charge >= 0.3 is 5.97 Å². The molecule has 1 N–H and O–H groups in total. The van der Waals surface area contributed by atoms with Gasteiger partial charge in [-0.15, -0.1) is 0 Å². The molecule has 96 valence electrons. The third kappa shape index (κ3) is 3.32. The standard InChI is InChI=1S/C13H21NO3/c1-4-5-10(3)12(15)14-7-6-9(2)8-11(14)13(16)17/h5,9,11H,4,6-8H2,1-3H3,(H,16,17)/b10-5-. The van der Waals surface area contributed by atoms with Crippen LogP contribution in [0.15, 0.2) is 11.6 Å². The van der Waals surface area contributed by atoms with Gasteiger partial charge in [0.15, 0.2) is 0 Å². The van der Waals surface area contributed by atoms with Gasteiger partial charge in [-0.1, -0.05) is 19.9 Å². The van der Waals surface area contributed by atoms with E-state index in [1.165, 1.54) is 4.90 Å². The molecule has 1 aliphatic heterocycles. The fourth-order valence-corrected chi connectivity index (χ4v) is 2.24. The summed E-state index contributed by atoms with van der Waals surface area (Å²) in [6.07, 6.45) is 4.08. The van der Waals surface area contributed by atoms with Crippen molar-refractivity contribution in [1.82, 2.24) is 4.90 Å². The van der Waals surface area contributed by atoms with Crippen LogP contribution in [-0.2, 0) is 9.59 Å². The van der Waals surface area contributed by atoms with Gasteiger partial charge in [-0.3, -0.25) is 4.79 Å². The van der Waals surface area contributed by atoms with E-state index in [9.17, 15) is 14.7 Å². The highest BCUT2D eigenvalue weighted by atomic mass is 16.4. The van der Waals surface area contributed by atoms with E-state index in [0.717, 1.165) is 12.8 Å². The van der Waals surface area contributed by atoms with Gasteiger partial charge < -0.3 is 10.0 Å². The van der Waals surface area contributed by atoms with Gasteiger partial charge in [0.05, 0.1) is 0 Å². The number of rotatable bonds is 3. The summed E-state index contributed by atoms with van der Waals surface area (Å²) in [6.45, 7) is 6.30. The molecular weight excluding hydrogens is 218 g/mol. The molecule has 0 aromatic heterocycles. The predicted octanol–water partition coefficient (Wildman–Crippen LogP) is 2.05. The number of nitrogens with zero attached hydrogens (tertiary/aromatic N) is 1. The Kier molecular flexibility index (Phi) is 4.73. The van der Waals surface area contributed by atoms with Gasteiger partial charge in [-0.2, -0.15) is 0 Å². The molecule has 2 atom stereocenters. The molecule has 0 aromatic rings. The van der Waals surface area contributed by atoms with Crippen molar-refractivity contribution in [2.75, 3.05) is 6.54 Å². The van der Waals surface area contributed by atoms with Crippen molar-refractivity contribution in [2.24, 2.45) is 5.92 Å². The molecule has 0 aromatic carbocycles. The number of carboxylic acid groups (broad SMARTS) is 1. The summed E-state index contributed by atoms with van der Waals surface area (Å²) >= 11 is 0. The average Bonchev–Trinajstić information content (AvgIpc) is 2.28. The Hall–Kier alpha value is -1.32. The van der Waals surface area contributed by atoms with Gasteiger partial charge in [-0.25, -0.2) is 4.79 Å². The zero-order valence-corrected chi connectivity index (χ0v) is 10.8. The third-order valence-electron chi connectivity index (χ3n) is 3.26. The third-order valence-corrected chi connectivity index (χ3v) is 3.26. The number of carboxylic acids is 1. The van der Waals surface area contributed by atoms with Crippen molar-refractivity contribution >= 4 is 11.9 Å². The van der Waals surface area contributed by atoms with Crippen LogP contribution in [0.25, 0.3) is 0 Å². The van der Waals surface area contributed by atoms with Gasteiger partial charge in [0, 0.05) is 12.1 Å². The molecule has 2 unspecified atom stereocenters. The van der Waals surface area contributed by atoms with E-state index in [1.54, 1.807) is 6.92 Å². The number of hydrogen-bond acceptors (Lipinski definition) is 2. The molecule has 1 heterocycles. The van der Waals surface area contributed by atoms with Crippen molar-refractivity contribution in [1.29, 1.82) is 0 Å². The molecular formula is C13H21NO3. The van der Waals surface area contributed by atoms with Crippen molar-refractivity contribution < 1.29 is 14.7 Å². The zero-order chi connectivity index (χ0) is 13.0. The Balaban J connectivity index is 2.83. The lowest BCUT2D eigenvalue weighted by molar-refractivity contribution is -0.151. The maximum Gasteiger partial charge on any atom is 0.326 e. The molecule has 4 heteroatoms. The van der Waals surface area contributed by atoms with E-state index in [-0.39, 0.29) is 5.91 Å². The number of amides is 1. The topological polar surface area (TPSA) is 57.6 Å². The van der Waals surface area contributed by atoms with Crippen LogP contribution in [0.3, 0.4) is 0 Å². The maximum absolute atomic E-state index is 12.1. The monoisotopic (exact) mass is 239 g/mol. The van der Waals surface area contributed by atoms with Crippen LogP contribution in [0.2, 0.25) is 0 Å². The van der Waals surface area contributed by atoms with E-state index in [1.807, 2.05) is 19.9 Å². The zero-order valence-electron chi connectivity index (χ0n) is 10.8. The van der Waals surface area contributed by atoms with E-state index in [4.69, 9.17) is 0 Å². The smallest absolute Gasteiger partial charge is 0.326 e. The largest absolute Gasteiger partial charge is 0.480 e. The minimum absolute atomic E-state index is 0.133. The van der Waals surface area contributed by atoms with Crippen LogP contribution in [0.5, 0.6) is 0 Å². The second-order valence-corrected chi connectivity index (χ2v) is 4.78. The highest BCUT2D eigenvalue weighted by Gasteiger charge is 2.34. The van der Waals surface area contributed by atoms with Crippen LogP contribution < -0.4 is 0 Å². The molecule has 1 fully saturated rings. The lowest BCUT2D eigenvalue weighted by Gasteiger charge is -2.36. The maximum atomic E-state index is 12.1. The SMILES string of the molecule is CC/C=C(/C)C(=O)N1CCC(C)CC1C(=O)O. The van der Waals surface area contributed by atoms with Crippen LogP contribution in [0, 0.1) is 5.92 Å². The van der Waals surface area contributed by atoms with Gasteiger partial charge in [-0.05, 0) is 32.1 Å². The number of hydrogen-bond donors (Lipinski definition) is 1. The molecule has 1 rings (SSSR count). The number of piperidine rings is 1. The molecule has 1 aliphatic rings. The molecule has 1 saturated heterocycles. The molecule has 0 bridgehead atoms. The number of carbonyl (C=O) groups is 2. The van der Waals surface area contributed by atoms with E-state index in [2.05, 4.69) is 0 Å². The lowest BCUT2D eigenvalue weighted by Crippen LogP contribution is -2.50. The van der Waals surface area contributed by atoms with Crippen molar-refractivity contribution in [3.05, 3.63) is 11.6 Å². The van der Waals surface area contributed by atoms with Crippen LogP contribution in [-0.4, -0.2) is 34.5 Å². The predicted molar refractivity (Wildman–Crippen MR) is 65.6 cm³/mol. The molecule has 1 amide bonds. The lowest BCUT2D eigenvalue weighted by atomic mass is 9.92. The summed E-state index contributed by atoms with van der Waals surface area (Å²) < 4.78 is 0. The fourth-order valence-electron chi connectivity index (χ4n) is 2.24. The second kappa shape index (κ2) is 5.84. The minimum Gasteiger partial charge on any atom is -0.480 e. The first-order valence-corrected chi connectivity index (χ1v) is 6.17. The number of allylic oxidation sites excluding steroid dienone is 1. The Morgan fingerprint density at radius 1 is 1.47 bits per heavy atom. The Bertz CT molecular complexity index is 336. The van der Waals surface area contributed by atoms with Crippen molar-refractivity contribution in [3.63, 3.8) is 0 Å². The molecule has 0 saturated carbocycles. The fraction of sp³-hybridized carbons (Fsp3) is 0.692. The summed E-state index contributed by atoms with van der Waals surface area (Å²) in [7, 11) is 0. The van der Waals surface area contributed by atoms with Gasteiger partial charge in [0.25, 0.3) is 0 Å². The van der Waals surface area contributed by atoms with Gasteiger partial charge in [0.2, 0.25) is 5.91 Å². The molecule has 0 aliphatic carbocycles. The summed E-state index contributed by atoms with van der Waals surface area (Å²) in [6, 6.07) is -0.661. The minimum atomic E-state index is -0.894. The van der Waals surface area contributed by atoms with E-state index in [0.29, 0.717) is 24.5 Å². The highest BCUT2D eigenvalue weighted by Crippen LogP contribution is 2.24. The first-order valence-electron chi connectivity index (χ1n) is 6.17. The molecule has 0 radical (unpaired) electrons. The summed E-state index contributed by atoms with van der Waals surface area (Å²) in [4.78, 5) is 24.8. The first-order chi connectivity index (χ1) is 7.97. The van der Waals surface area contributed by atoms with Gasteiger partial charge in [0.1, 0.15) is 6.04 Å². The number of likely N-dealkylation sites (tertiary alicyclic amines) is 1. The average molecular weight is 239 g/mol. The normalized spacial score (nSPS) is 25.8. The molecule has 0 spiro atoms. The molecule has 17 heavy (non-hydrogen) atoms. The summed E-state index contributed by atoms with van der Waals surface area (Å²) in [5, 5.41) is 9.17. The highest BCUT2D eigenvalue weighted by molar-refractivity contribution is 5.95. The second-order valence-electron chi connectivity index (χ2n) is 4.78. The summed E-state index contributed by atoms with van der Waals surface area (Å²) in [5.74, 6) is -0.657.